The van der Waals surface area contributed by atoms with Crippen molar-refractivity contribution < 1.29 is 17.6 Å². The summed E-state index contributed by atoms with van der Waals surface area (Å²) in [6.45, 7) is 6.31. The van der Waals surface area contributed by atoms with Gasteiger partial charge in [-0.1, -0.05) is 6.08 Å². The molecular weight excluding hydrogens is 284 g/mol. The van der Waals surface area contributed by atoms with Gasteiger partial charge in [0.2, 0.25) is 0 Å². The first-order chi connectivity index (χ1) is 9.93. The van der Waals surface area contributed by atoms with Crippen LogP contribution in [-0.2, 0) is 6.18 Å². The van der Waals surface area contributed by atoms with Crippen molar-refractivity contribution in [3.63, 3.8) is 0 Å². The smallest absolute Gasteiger partial charge is 0.314 e. The molecule has 0 aromatic heterocycles. The highest BCUT2D eigenvalue weighted by Gasteiger charge is 2.36. The van der Waals surface area contributed by atoms with E-state index in [4.69, 9.17) is 0 Å². The minimum atomic E-state index is -4.49. The Morgan fingerprint density at radius 3 is 2.52 bits per heavy atom. The Kier molecular flexibility index (Phi) is 5.00. The highest BCUT2D eigenvalue weighted by molar-refractivity contribution is 5.33. The lowest BCUT2D eigenvalue weighted by Crippen LogP contribution is -2.45. The van der Waals surface area contributed by atoms with Gasteiger partial charge in [0.15, 0.2) is 0 Å². The van der Waals surface area contributed by atoms with Crippen LogP contribution in [0.3, 0.4) is 0 Å². The SMILES string of the molecule is C=CC[C@H](c1cc(F)ccc1C(F)(F)F)N1CCNCC1. The quantitative estimate of drug-likeness (QED) is 0.677. The molecule has 0 amide bonds. The van der Waals surface area contributed by atoms with Crippen LogP contribution in [0.2, 0.25) is 0 Å². The van der Waals surface area contributed by atoms with Gasteiger partial charge in [0.25, 0.3) is 0 Å². The van der Waals surface area contributed by atoms with Crippen molar-refractivity contribution in [1.29, 1.82) is 0 Å². The summed E-state index contributed by atoms with van der Waals surface area (Å²) in [4.78, 5) is 1.95. The fourth-order valence-electron chi connectivity index (χ4n) is 2.69. The summed E-state index contributed by atoms with van der Waals surface area (Å²) < 4.78 is 53.0. The fourth-order valence-corrected chi connectivity index (χ4v) is 2.69. The second-order valence-electron chi connectivity index (χ2n) is 5.06. The van der Waals surface area contributed by atoms with E-state index in [2.05, 4.69) is 11.9 Å². The van der Waals surface area contributed by atoms with Crippen molar-refractivity contribution in [2.45, 2.75) is 18.6 Å². The molecule has 21 heavy (non-hydrogen) atoms. The van der Waals surface area contributed by atoms with Crippen LogP contribution < -0.4 is 5.32 Å². The van der Waals surface area contributed by atoms with Crippen LogP contribution in [0.1, 0.15) is 23.6 Å². The molecular formula is C15H18F4N2. The Bertz CT molecular complexity index is 493. The molecule has 0 aliphatic carbocycles. The summed E-state index contributed by atoms with van der Waals surface area (Å²) in [6.07, 6.45) is -2.55. The first kappa shape index (κ1) is 16.0. The Hall–Kier alpha value is -1.40. The molecule has 1 atom stereocenters. The maximum Gasteiger partial charge on any atom is 0.416 e. The van der Waals surface area contributed by atoms with E-state index in [1.54, 1.807) is 6.08 Å². The Morgan fingerprint density at radius 1 is 1.29 bits per heavy atom. The molecule has 0 radical (unpaired) electrons. The summed E-state index contributed by atoms with van der Waals surface area (Å²) in [5, 5.41) is 3.16. The van der Waals surface area contributed by atoms with E-state index in [0.717, 1.165) is 18.2 Å². The number of halogens is 4. The van der Waals surface area contributed by atoms with Crippen molar-refractivity contribution in [2.24, 2.45) is 0 Å². The van der Waals surface area contributed by atoms with E-state index in [-0.39, 0.29) is 5.56 Å². The molecule has 1 aromatic rings. The number of hydrogen-bond donors (Lipinski definition) is 1. The molecule has 1 aliphatic heterocycles. The highest BCUT2D eigenvalue weighted by Crippen LogP contribution is 2.38. The largest absolute Gasteiger partial charge is 0.416 e. The van der Waals surface area contributed by atoms with E-state index in [1.807, 2.05) is 4.90 Å². The predicted molar refractivity (Wildman–Crippen MR) is 73.4 cm³/mol. The van der Waals surface area contributed by atoms with Crippen molar-refractivity contribution in [3.8, 4) is 0 Å². The van der Waals surface area contributed by atoms with Gasteiger partial charge in [0, 0.05) is 32.2 Å². The summed E-state index contributed by atoms with van der Waals surface area (Å²) >= 11 is 0. The van der Waals surface area contributed by atoms with Gasteiger partial charge in [-0.05, 0) is 30.2 Å². The van der Waals surface area contributed by atoms with E-state index < -0.39 is 23.6 Å². The molecule has 0 saturated carbocycles. The van der Waals surface area contributed by atoms with Crippen molar-refractivity contribution in [3.05, 3.63) is 47.8 Å². The number of piperazine rings is 1. The molecule has 116 valence electrons. The maximum atomic E-state index is 13.5. The zero-order chi connectivity index (χ0) is 15.5. The number of nitrogens with one attached hydrogen (secondary N) is 1. The third kappa shape index (κ3) is 3.83. The Morgan fingerprint density at radius 2 is 1.95 bits per heavy atom. The predicted octanol–water partition coefficient (Wildman–Crippen LogP) is 3.37. The zero-order valence-corrected chi connectivity index (χ0v) is 11.6. The summed E-state index contributed by atoms with van der Waals surface area (Å²) in [7, 11) is 0. The minimum absolute atomic E-state index is 0.00991. The molecule has 1 fully saturated rings. The maximum absolute atomic E-state index is 13.5. The summed E-state index contributed by atoms with van der Waals surface area (Å²) in [5.74, 6) is -0.651. The molecule has 1 aromatic carbocycles. The normalized spacial score (nSPS) is 18.5. The Labute approximate surface area is 121 Å². The van der Waals surface area contributed by atoms with Gasteiger partial charge in [-0.25, -0.2) is 4.39 Å². The number of rotatable bonds is 4. The van der Waals surface area contributed by atoms with Crippen LogP contribution in [0.25, 0.3) is 0 Å². The van der Waals surface area contributed by atoms with Gasteiger partial charge in [0.1, 0.15) is 5.82 Å². The molecule has 0 bridgehead atoms. The first-order valence-electron chi connectivity index (χ1n) is 6.86. The topological polar surface area (TPSA) is 15.3 Å². The van der Waals surface area contributed by atoms with Crippen LogP contribution in [-0.4, -0.2) is 31.1 Å². The number of benzene rings is 1. The van der Waals surface area contributed by atoms with Gasteiger partial charge in [0.05, 0.1) is 5.56 Å². The van der Waals surface area contributed by atoms with Gasteiger partial charge in [-0.3, -0.25) is 4.90 Å². The highest BCUT2D eigenvalue weighted by atomic mass is 19.4. The lowest BCUT2D eigenvalue weighted by atomic mass is 9.95. The van der Waals surface area contributed by atoms with E-state index in [1.165, 1.54) is 0 Å². The number of nitrogens with zero attached hydrogens (tertiary/aromatic N) is 1. The molecule has 6 heteroatoms. The fraction of sp³-hybridized carbons (Fsp3) is 0.467. The molecule has 1 saturated heterocycles. The molecule has 0 spiro atoms. The van der Waals surface area contributed by atoms with Crippen LogP contribution in [0, 0.1) is 5.82 Å². The molecule has 1 heterocycles. The second-order valence-corrected chi connectivity index (χ2v) is 5.06. The molecule has 1 aliphatic rings. The molecule has 2 rings (SSSR count). The van der Waals surface area contributed by atoms with Crippen LogP contribution in [0.4, 0.5) is 17.6 Å². The lowest BCUT2D eigenvalue weighted by Gasteiger charge is -2.35. The molecule has 2 nitrogen and oxygen atoms in total. The average Bonchev–Trinajstić information content (AvgIpc) is 2.44. The van der Waals surface area contributed by atoms with E-state index >= 15 is 0 Å². The number of hydrogen-bond acceptors (Lipinski definition) is 2. The average molecular weight is 302 g/mol. The second kappa shape index (κ2) is 6.58. The first-order valence-corrected chi connectivity index (χ1v) is 6.86. The van der Waals surface area contributed by atoms with Crippen molar-refractivity contribution in [2.75, 3.05) is 26.2 Å². The van der Waals surface area contributed by atoms with Gasteiger partial charge < -0.3 is 5.32 Å². The Balaban J connectivity index is 2.43. The summed E-state index contributed by atoms with van der Waals surface area (Å²) in [5.41, 5.74) is -0.779. The minimum Gasteiger partial charge on any atom is -0.314 e. The van der Waals surface area contributed by atoms with Gasteiger partial charge in [-0.2, -0.15) is 13.2 Å². The lowest BCUT2D eigenvalue weighted by molar-refractivity contribution is -0.138. The van der Waals surface area contributed by atoms with Crippen LogP contribution in [0.5, 0.6) is 0 Å². The third-order valence-electron chi connectivity index (χ3n) is 3.66. The van der Waals surface area contributed by atoms with Crippen LogP contribution in [0.15, 0.2) is 30.9 Å². The summed E-state index contributed by atoms with van der Waals surface area (Å²) in [6, 6.07) is 2.17. The molecule has 1 N–H and O–H groups in total. The van der Waals surface area contributed by atoms with Gasteiger partial charge in [-0.15, -0.1) is 6.58 Å². The molecule has 0 unspecified atom stereocenters. The van der Waals surface area contributed by atoms with E-state index in [9.17, 15) is 17.6 Å². The van der Waals surface area contributed by atoms with E-state index in [0.29, 0.717) is 32.6 Å². The van der Waals surface area contributed by atoms with Crippen molar-refractivity contribution in [1.82, 2.24) is 10.2 Å². The zero-order valence-electron chi connectivity index (χ0n) is 11.6. The van der Waals surface area contributed by atoms with Crippen molar-refractivity contribution >= 4 is 0 Å². The van der Waals surface area contributed by atoms with Gasteiger partial charge >= 0.3 is 6.18 Å². The standard InChI is InChI=1S/C15H18F4N2/c1-2-3-14(21-8-6-20-7-9-21)12-10-11(16)4-5-13(12)15(17,18)19/h2,4-5,10,14,20H,1,3,6-9H2/t14-/m1/s1. The van der Waals surface area contributed by atoms with Crippen LogP contribution >= 0.6 is 0 Å². The monoisotopic (exact) mass is 302 g/mol. The third-order valence-corrected chi connectivity index (χ3v) is 3.66. The number of alkyl halides is 3.